The van der Waals surface area contributed by atoms with E-state index in [0.29, 0.717) is 19.7 Å². The van der Waals surface area contributed by atoms with Crippen LogP contribution in [0.5, 0.6) is 0 Å². The molecule has 1 N–H and O–H groups in total. The summed E-state index contributed by atoms with van der Waals surface area (Å²) in [5.74, 6) is 0.0799. The molecule has 3 rings (SSSR count). The van der Waals surface area contributed by atoms with E-state index >= 15 is 0 Å². The largest absolute Gasteiger partial charge is 0.368 e. The van der Waals surface area contributed by atoms with Gasteiger partial charge in [0.25, 0.3) is 0 Å². The first kappa shape index (κ1) is 15.6. The van der Waals surface area contributed by atoms with Crippen LogP contribution in [0.15, 0.2) is 29.1 Å². The highest BCUT2D eigenvalue weighted by atomic mass is 32.1. The molecule has 0 aliphatic carbocycles. The van der Waals surface area contributed by atoms with E-state index < -0.39 is 0 Å². The van der Waals surface area contributed by atoms with Gasteiger partial charge in [-0.25, -0.2) is 4.98 Å². The maximum Gasteiger partial charge on any atom is 0.234 e. The minimum absolute atomic E-state index is 0.00679. The Balaban J connectivity index is 1.41. The van der Waals surface area contributed by atoms with E-state index in [1.165, 1.54) is 4.88 Å². The van der Waals surface area contributed by atoms with Gasteiger partial charge >= 0.3 is 0 Å². The van der Waals surface area contributed by atoms with E-state index in [9.17, 15) is 4.79 Å². The summed E-state index contributed by atoms with van der Waals surface area (Å²) in [7, 11) is 0. The van der Waals surface area contributed by atoms with Gasteiger partial charge in [-0.15, -0.1) is 22.7 Å². The predicted octanol–water partition coefficient (Wildman–Crippen LogP) is 1.94. The molecule has 1 aliphatic rings. The maximum absolute atomic E-state index is 12.0. The number of aromatic nitrogens is 1. The number of thiophene rings is 1. The fraction of sp³-hybridized carbons (Fsp3) is 0.467. The number of ether oxygens (including phenoxy) is 1. The van der Waals surface area contributed by atoms with Crippen molar-refractivity contribution in [2.75, 3.05) is 32.8 Å². The molecule has 7 heteroatoms. The topological polar surface area (TPSA) is 54.5 Å². The lowest BCUT2D eigenvalue weighted by Gasteiger charge is -2.31. The molecule has 1 amide bonds. The zero-order valence-corrected chi connectivity index (χ0v) is 13.9. The molecular weight excluding hydrogens is 318 g/mol. The maximum atomic E-state index is 12.0. The lowest BCUT2D eigenvalue weighted by atomic mass is 10.2. The van der Waals surface area contributed by atoms with Gasteiger partial charge in [-0.3, -0.25) is 9.69 Å². The molecule has 2 aromatic rings. The van der Waals surface area contributed by atoms with Crippen molar-refractivity contribution in [2.24, 2.45) is 0 Å². The first-order chi connectivity index (χ1) is 10.8. The number of rotatable bonds is 6. The Morgan fingerprint density at radius 1 is 1.45 bits per heavy atom. The zero-order valence-electron chi connectivity index (χ0n) is 12.2. The summed E-state index contributed by atoms with van der Waals surface area (Å²) in [5.41, 5.74) is 0. The normalized spacial score (nSPS) is 19.2. The molecule has 1 aliphatic heterocycles. The van der Waals surface area contributed by atoms with Crippen LogP contribution in [0, 0.1) is 0 Å². The van der Waals surface area contributed by atoms with Crippen molar-refractivity contribution >= 4 is 28.6 Å². The van der Waals surface area contributed by atoms with E-state index in [-0.39, 0.29) is 12.0 Å². The van der Waals surface area contributed by atoms with E-state index in [1.54, 1.807) is 28.9 Å². The molecule has 2 aromatic heterocycles. The molecule has 0 bridgehead atoms. The molecule has 1 atom stereocenters. The second-order valence-electron chi connectivity index (χ2n) is 5.14. The summed E-state index contributed by atoms with van der Waals surface area (Å²) in [6.07, 6.45) is 2.68. The number of amides is 1. The Labute approximate surface area is 137 Å². The van der Waals surface area contributed by atoms with Gasteiger partial charge in [0.15, 0.2) is 0 Å². The Kier molecular flexibility index (Phi) is 5.55. The Morgan fingerprint density at radius 3 is 3.18 bits per heavy atom. The average Bonchev–Trinajstić information content (AvgIpc) is 3.21. The summed E-state index contributed by atoms with van der Waals surface area (Å²) in [6, 6.07) is 4.13. The van der Waals surface area contributed by atoms with Crippen molar-refractivity contribution in [1.29, 1.82) is 0 Å². The first-order valence-corrected chi connectivity index (χ1v) is 9.09. The highest BCUT2D eigenvalue weighted by Crippen LogP contribution is 2.23. The second kappa shape index (κ2) is 7.82. The predicted molar refractivity (Wildman–Crippen MR) is 88.3 cm³/mol. The van der Waals surface area contributed by atoms with Crippen LogP contribution in [0.4, 0.5) is 0 Å². The smallest absolute Gasteiger partial charge is 0.234 e. The molecule has 118 valence electrons. The number of thiazole rings is 1. The third-order valence-electron chi connectivity index (χ3n) is 3.52. The fourth-order valence-corrected chi connectivity index (χ4v) is 3.81. The van der Waals surface area contributed by atoms with Gasteiger partial charge in [0.1, 0.15) is 11.1 Å². The summed E-state index contributed by atoms with van der Waals surface area (Å²) in [5, 5.41) is 7.99. The van der Waals surface area contributed by atoms with Crippen molar-refractivity contribution in [3.05, 3.63) is 39.0 Å². The van der Waals surface area contributed by atoms with Crippen molar-refractivity contribution in [3.63, 3.8) is 0 Å². The van der Waals surface area contributed by atoms with Gasteiger partial charge < -0.3 is 10.1 Å². The number of morpholine rings is 1. The van der Waals surface area contributed by atoms with Crippen molar-refractivity contribution in [1.82, 2.24) is 15.2 Å². The summed E-state index contributed by atoms with van der Waals surface area (Å²) >= 11 is 3.33. The number of hydrogen-bond donors (Lipinski definition) is 1. The van der Waals surface area contributed by atoms with Crippen LogP contribution in [-0.2, 0) is 16.0 Å². The SMILES string of the molecule is O=C(CN1CCOC(c2nccs2)C1)NCCc1cccs1. The highest BCUT2D eigenvalue weighted by molar-refractivity contribution is 7.10. The van der Waals surface area contributed by atoms with E-state index in [0.717, 1.165) is 24.5 Å². The Morgan fingerprint density at radius 2 is 2.41 bits per heavy atom. The molecule has 0 aromatic carbocycles. The van der Waals surface area contributed by atoms with Gasteiger partial charge in [-0.05, 0) is 17.9 Å². The quantitative estimate of drug-likeness (QED) is 0.875. The molecule has 3 heterocycles. The van der Waals surface area contributed by atoms with Crippen molar-refractivity contribution in [2.45, 2.75) is 12.5 Å². The van der Waals surface area contributed by atoms with Crippen LogP contribution in [-0.4, -0.2) is 48.6 Å². The fourth-order valence-electron chi connectivity index (χ4n) is 2.43. The standard InChI is InChI=1S/C15H19N3O2S2/c19-14(16-4-3-12-2-1-8-21-12)11-18-6-7-20-13(10-18)15-17-5-9-22-15/h1-2,5,8-9,13H,3-4,6-7,10-11H2,(H,16,19). The van der Waals surface area contributed by atoms with Gasteiger partial charge in [0.2, 0.25) is 5.91 Å². The first-order valence-electron chi connectivity index (χ1n) is 7.33. The van der Waals surface area contributed by atoms with Gasteiger partial charge in [0, 0.05) is 36.1 Å². The molecule has 1 saturated heterocycles. The molecule has 0 spiro atoms. The Bertz CT molecular complexity index is 572. The molecule has 1 unspecified atom stereocenters. The number of carbonyl (C=O) groups is 1. The number of hydrogen-bond acceptors (Lipinski definition) is 6. The van der Waals surface area contributed by atoms with Crippen molar-refractivity contribution < 1.29 is 9.53 Å². The summed E-state index contributed by atoms with van der Waals surface area (Å²) < 4.78 is 5.74. The molecule has 5 nitrogen and oxygen atoms in total. The van der Waals surface area contributed by atoms with Crippen LogP contribution < -0.4 is 5.32 Å². The van der Waals surface area contributed by atoms with Crippen LogP contribution >= 0.6 is 22.7 Å². The van der Waals surface area contributed by atoms with Gasteiger partial charge in [-0.2, -0.15) is 0 Å². The number of nitrogens with zero attached hydrogens (tertiary/aromatic N) is 2. The monoisotopic (exact) mass is 337 g/mol. The average molecular weight is 337 g/mol. The second-order valence-corrected chi connectivity index (χ2v) is 7.10. The third-order valence-corrected chi connectivity index (χ3v) is 5.32. The molecule has 22 heavy (non-hydrogen) atoms. The van der Waals surface area contributed by atoms with Crippen molar-refractivity contribution in [3.8, 4) is 0 Å². The van der Waals surface area contributed by atoms with E-state index in [2.05, 4.69) is 26.6 Å². The van der Waals surface area contributed by atoms with E-state index in [4.69, 9.17) is 4.74 Å². The molecule has 0 radical (unpaired) electrons. The van der Waals surface area contributed by atoms with Crippen LogP contribution in [0.1, 0.15) is 16.0 Å². The third kappa shape index (κ3) is 4.36. The van der Waals surface area contributed by atoms with Crippen LogP contribution in [0.25, 0.3) is 0 Å². The number of nitrogens with one attached hydrogen (secondary N) is 1. The van der Waals surface area contributed by atoms with Crippen LogP contribution in [0.2, 0.25) is 0 Å². The zero-order chi connectivity index (χ0) is 15.2. The molecular formula is C15H19N3O2S2. The number of carbonyl (C=O) groups excluding carboxylic acids is 1. The molecule has 1 fully saturated rings. The lowest BCUT2D eigenvalue weighted by Crippen LogP contribution is -2.44. The molecule has 0 saturated carbocycles. The minimum Gasteiger partial charge on any atom is -0.368 e. The summed E-state index contributed by atoms with van der Waals surface area (Å²) in [4.78, 5) is 19.8. The minimum atomic E-state index is -0.00679. The van der Waals surface area contributed by atoms with Gasteiger partial charge in [-0.1, -0.05) is 6.07 Å². The Hall–Kier alpha value is -1.28. The van der Waals surface area contributed by atoms with E-state index in [1.807, 2.05) is 11.4 Å². The van der Waals surface area contributed by atoms with Crippen LogP contribution in [0.3, 0.4) is 0 Å². The highest BCUT2D eigenvalue weighted by Gasteiger charge is 2.24. The van der Waals surface area contributed by atoms with Gasteiger partial charge in [0.05, 0.1) is 13.2 Å². The lowest BCUT2D eigenvalue weighted by molar-refractivity contribution is -0.124. The summed E-state index contributed by atoms with van der Waals surface area (Å²) in [6.45, 7) is 3.29.